The number of aryl methyl sites for hydroxylation is 1. The minimum absolute atomic E-state index is 0.488. The van der Waals surface area contributed by atoms with Crippen molar-refractivity contribution in [3.05, 3.63) is 23.3 Å². The van der Waals surface area contributed by atoms with Gasteiger partial charge in [-0.05, 0) is 57.6 Å². The number of hydrogen-bond donors (Lipinski definition) is 1. The van der Waals surface area contributed by atoms with E-state index in [1.54, 1.807) is 6.33 Å². The van der Waals surface area contributed by atoms with Crippen LogP contribution >= 0.6 is 0 Å². The van der Waals surface area contributed by atoms with Gasteiger partial charge in [0, 0.05) is 17.7 Å². The van der Waals surface area contributed by atoms with Gasteiger partial charge in [-0.25, -0.2) is 9.97 Å². The van der Waals surface area contributed by atoms with Crippen LogP contribution < -0.4 is 5.32 Å². The van der Waals surface area contributed by atoms with E-state index < -0.39 is 0 Å². The first-order valence-corrected chi connectivity index (χ1v) is 8.33. The van der Waals surface area contributed by atoms with Crippen molar-refractivity contribution in [1.82, 2.24) is 15.3 Å². The van der Waals surface area contributed by atoms with Gasteiger partial charge in [-0.15, -0.1) is 0 Å². The van der Waals surface area contributed by atoms with Crippen LogP contribution in [-0.2, 0) is 12.8 Å². The molecule has 1 N–H and O–H groups in total. The van der Waals surface area contributed by atoms with Crippen LogP contribution in [0.2, 0.25) is 0 Å². The van der Waals surface area contributed by atoms with Crippen molar-refractivity contribution < 1.29 is 0 Å². The van der Waals surface area contributed by atoms with Crippen LogP contribution in [0, 0.1) is 0 Å². The zero-order chi connectivity index (χ0) is 14.4. The fourth-order valence-electron chi connectivity index (χ4n) is 3.34. The molecule has 0 saturated carbocycles. The van der Waals surface area contributed by atoms with Crippen molar-refractivity contribution in [2.75, 3.05) is 6.54 Å². The van der Waals surface area contributed by atoms with Crippen LogP contribution in [0.15, 0.2) is 6.33 Å². The summed E-state index contributed by atoms with van der Waals surface area (Å²) in [7, 11) is 0. The van der Waals surface area contributed by atoms with Gasteiger partial charge in [-0.1, -0.05) is 20.3 Å². The Morgan fingerprint density at radius 3 is 2.70 bits per heavy atom. The van der Waals surface area contributed by atoms with Crippen molar-refractivity contribution in [3.63, 3.8) is 0 Å². The number of nitrogens with zero attached hydrogens (tertiary/aromatic N) is 2. The largest absolute Gasteiger partial charge is 0.314 e. The van der Waals surface area contributed by atoms with Crippen molar-refractivity contribution in [2.45, 2.75) is 77.7 Å². The zero-order valence-corrected chi connectivity index (χ0v) is 13.3. The minimum atomic E-state index is 0.488. The van der Waals surface area contributed by atoms with Crippen LogP contribution in [0.3, 0.4) is 0 Å². The lowest BCUT2D eigenvalue weighted by Gasteiger charge is -2.26. The number of hydrogen-bond acceptors (Lipinski definition) is 3. The first-order chi connectivity index (χ1) is 9.77. The summed E-state index contributed by atoms with van der Waals surface area (Å²) in [6, 6.07) is 0.488. The highest BCUT2D eigenvalue weighted by Crippen LogP contribution is 2.29. The quantitative estimate of drug-likeness (QED) is 0.806. The second-order valence-corrected chi connectivity index (χ2v) is 6.00. The van der Waals surface area contributed by atoms with Gasteiger partial charge in [0.25, 0.3) is 0 Å². The van der Waals surface area contributed by atoms with Gasteiger partial charge < -0.3 is 5.32 Å². The normalized spacial score (nSPS) is 18.1. The summed E-state index contributed by atoms with van der Waals surface area (Å²) in [6.07, 6.45) is 10.3. The number of fused-ring (bicyclic) bond motifs is 1. The second-order valence-electron chi connectivity index (χ2n) is 6.00. The Bertz CT molecular complexity index is 417. The van der Waals surface area contributed by atoms with E-state index >= 15 is 0 Å². The fourth-order valence-corrected chi connectivity index (χ4v) is 3.34. The van der Waals surface area contributed by atoms with E-state index in [-0.39, 0.29) is 0 Å². The summed E-state index contributed by atoms with van der Waals surface area (Å²) in [4.78, 5) is 9.23. The Balaban J connectivity index is 2.25. The van der Waals surface area contributed by atoms with Gasteiger partial charge >= 0.3 is 0 Å². The highest BCUT2D eigenvalue weighted by Gasteiger charge is 2.24. The van der Waals surface area contributed by atoms with E-state index in [0.717, 1.165) is 19.4 Å². The molecule has 112 valence electrons. The van der Waals surface area contributed by atoms with Gasteiger partial charge in [0.05, 0.1) is 5.69 Å². The van der Waals surface area contributed by atoms with Crippen LogP contribution in [0.25, 0.3) is 0 Å². The SMILES string of the molecule is CCCNC(C)C(CC)c1ncnc2c1CCCCC2. The van der Waals surface area contributed by atoms with E-state index in [1.165, 1.54) is 49.1 Å². The molecule has 1 aromatic heterocycles. The second kappa shape index (κ2) is 7.72. The Kier molecular flexibility index (Phi) is 5.96. The lowest BCUT2D eigenvalue weighted by atomic mass is 9.89. The predicted molar refractivity (Wildman–Crippen MR) is 84.1 cm³/mol. The van der Waals surface area contributed by atoms with Crippen molar-refractivity contribution in [1.29, 1.82) is 0 Å². The maximum atomic E-state index is 4.68. The lowest BCUT2D eigenvalue weighted by Crippen LogP contribution is -2.33. The molecule has 2 rings (SSSR count). The molecule has 1 aliphatic carbocycles. The molecule has 0 bridgehead atoms. The van der Waals surface area contributed by atoms with E-state index in [0.29, 0.717) is 12.0 Å². The monoisotopic (exact) mass is 275 g/mol. The van der Waals surface area contributed by atoms with Gasteiger partial charge in [0.1, 0.15) is 6.33 Å². The van der Waals surface area contributed by atoms with Crippen LogP contribution in [0.4, 0.5) is 0 Å². The Morgan fingerprint density at radius 2 is 1.95 bits per heavy atom. The molecule has 0 aromatic carbocycles. The molecule has 0 fully saturated rings. The summed E-state index contributed by atoms with van der Waals surface area (Å²) in [5.74, 6) is 0.511. The van der Waals surface area contributed by atoms with Crippen LogP contribution in [0.5, 0.6) is 0 Å². The standard InChI is InChI=1S/C17H29N3/c1-4-11-18-13(3)14(5-2)17-15-9-7-6-8-10-16(15)19-12-20-17/h12-14,18H,4-11H2,1-3H3. The summed E-state index contributed by atoms with van der Waals surface area (Å²) in [5.41, 5.74) is 4.09. The average Bonchev–Trinajstić information content (AvgIpc) is 2.71. The Hall–Kier alpha value is -0.960. The van der Waals surface area contributed by atoms with Crippen molar-refractivity contribution >= 4 is 0 Å². The maximum absolute atomic E-state index is 4.68. The van der Waals surface area contributed by atoms with Gasteiger partial charge in [0.2, 0.25) is 0 Å². The molecule has 0 amide bonds. The summed E-state index contributed by atoms with van der Waals surface area (Å²) < 4.78 is 0. The van der Waals surface area contributed by atoms with Gasteiger partial charge in [0.15, 0.2) is 0 Å². The Labute approximate surface area is 123 Å². The molecule has 20 heavy (non-hydrogen) atoms. The van der Waals surface area contributed by atoms with Crippen molar-refractivity contribution in [2.24, 2.45) is 0 Å². The molecular formula is C17H29N3. The van der Waals surface area contributed by atoms with Crippen LogP contribution in [0.1, 0.15) is 75.7 Å². The smallest absolute Gasteiger partial charge is 0.115 e. The highest BCUT2D eigenvalue weighted by atomic mass is 14.9. The number of aromatic nitrogens is 2. The van der Waals surface area contributed by atoms with E-state index in [9.17, 15) is 0 Å². The van der Waals surface area contributed by atoms with E-state index in [1.807, 2.05) is 0 Å². The van der Waals surface area contributed by atoms with E-state index in [4.69, 9.17) is 0 Å². The molecule has 1 aromatic rings. The molecule has 1 aliphatic rings. The average molecular weight is 275 g/mol. The molecule has 3 nitrogen and oxygen atoms in total. The summed E-state index contributed by atoms with van der Waals surface area (Å²) >= 11 is 0. The lowest BCUT2D eigenvalue weighted by molar-refractivity contribution is 0.439. The molecule has 2 atom stereocenters. The summed E-state index contributed by atoms with van der Waals surface area (Å²) in [6.45, 7) is 7.89. The summed E-state index contributed by atoms with van der Waals surface area (Å²) in [5, 5.41) is 3.64. The third-order valence-corrected chi connectivity index (χ3v) is 4.52. The number of rotatable bonds is 6. The molecule has 0 spiro atoms. The van der Waals surface area contributed by atoms with Crippen molar-refractivity contribution in [3.8, 4) is 0 Å². The first-order valence-electron chi connectivity index (χ1n) is 8.33. The molecule has 2 unspecified atom stereocenters. The Morgan fingerprint density at radius 1 is 1.15 bits per heavy atom. The molecular weight excluding hydrogens is 246 g/mol. The molecule has 0 radical (unpaired) electrons. The molecule has 0 saturated heterocycles. The van der Waals surface area contributed by atoms with E-state index in [2.05, 4.69) is 36.1 Å². The maximum Gasteiger partial charge on any atom is 0.115 e. The molecule has 3 heteroatoms. The fraction of sp³-hybridized carbons (Fsp3) is 0.765. The van der Waals surface area contributed by atoms with Gasteiger partial charge in [-0.3, -0.25) is 0 Å². The third-order valence-electron chi connectivity index (χ3n) is 4.52. The first kappa shape index (κ1) is 15.4. The molecule has 1 heterocycles. The minimum Gasteiger partial charge on any atom is -0.314 e. The zero-order valence-electron chi connectivity index (χ0n) is 13.3. The van der Waals surface area contributed by atoms with Gasteiger partial charge in [-0.2, -0.15) is 0 Å². The number of nitrogens with one attached hydrogen (secondary N) is 1. The molecule has 0 aliphatic heterocycles. The van der Waals surface area contributed by atoms with Crippen LogP contribution in [-0.4, -0.2) is 22.6 Å². The predicted octanol–water partition coefficient (Wildman–Crippen LogP) is 3.63. The highest BCUT2D eigenvalue weighted by molar-refractivity contribution is 5.29. The third kappa shape index (κ3) is 3.57. The topological polar surface area (TPSA) is 37.8 Å².